The van der Waals surface area contributed by atoms with Crippen LogP contribution >= 0.6 is 17.2 Å². The molecule has 0 nitrogen and oxygen atoms in total. The quantitative estimate of drug-likeness (QED) is 0.283. The molecule has 0 aromatic heterocycles. The second-order valence-corrected chi connectivity index (χ2v) is 27.6. The summed E-state index contributed by atoms with van der Waals surface area (Å²) in [6, 6.07) is 18.1. The van der Waals surface area contributed by atoms with Crippen molar-refractivity contribution in [3.05, 3.63) is 82.0 Å². The topological polar surface area (TPSA) is 0 Å². The number of fused-ring (bicyclic) bond motifs is 3. The number of benzene rings is 2. The van der Waals surface area contributed by atoms with Crippen molar-refractivity contribution in [2.45, 2.75) is 60.6 Å². The molecular weight excluding hydrogens is 658 g/mol. The van der Waals surface area contributed by atoms with Gasteiger partial charge < -0.3 is 0 Å². The summed E-state index contributed by atoms with van der Waals surface area (Å²) in [6.07, 6.45) is 4.84. The van der Waals surface area contributed by atoms with Crippen LogP contribution in [0, 0.1) is 5.92 Å². The summed E-state index contributed by atoms with van der Waals surface area (Å²) < 4.78 is 2.26. The summed E-state index contributed by atoms with van der Waals surface area (Å²) >= 11 is -3.86. The third-order valence-electron chi connectivity index (χ3n) is 7.89. The van der Waals surface area contributed by atoms with Gasteiger partial charge in [-0.25, -0.2) is 0 Å². The summed E-state index contributed by atoms with van der Waals surface area (Å²) in [7, 11) is 13.9. The van der Waals surface area contributed by atoms with Gasteiger partial charge in [0.2, 0.25) is 0 Å². The Balaban J connectivity index is 1.81. The van der Waals surface area contributed by atoms with Crippen LogP contribution in [0.4, 0.5) is 0 Å². The Hall–Kier alpha value is -0.217. The Bertz CT molecular complexity index is 1120. The van der Waals surface area contributed by atoms with Crippen molar-refractivity contribution in [1.82, 2.24) is 0 Å². The molecule has 32 heavy (non-hydrogen) atoms. The second kappa shape index (κ2) is 9.44. The molecule has 0 aliphatic heterocycles. The van der Waals surface area contributed by atoms with Gasteiger partial charge in [-0.3, -0.25) is 0 Å². The number of halogens is 2. The molecule has 2 aromatic carbocycles. The first-order valence-electron chi connectivity index (χ1n) is 11.9. The van der Waals surface area contributed by atoms with Gasteiger partial charge in [-0.1, -0.05) is 0 Å². The molecule has 2 aromatic rings. The fourth-order valence-corrected chi connectivity index (χ4v) is 18.8. The average molecular weight is 690 g/mol. The van der Waals surface area contributed by atoms with Gasteiger partial charge in [0.05, 0.1) is 0 Å². The summed E-state index contributed by atoms with van der Waals surface area (Å²) in [5.41, 5.74) is 12.3. The predicted molar refractivity (Wildman–Crippen MR) is 139 cm³/mol. The number of hydrogen-bond donors (Lipinski definition) is 0. The standard InChI is InChI=1S/C28H31Ge.2ClH.Hf/c1-5-19-17-20-11-10-16-25(29(3)4)18(2)26(20)27(19)28-23-14-8-6-12-21(23)22-13-7-9-15-24(22)28;;;/h6-9,12-15,17-18,28H,5,10-11,16H2,1-4H3;2*1H;/q;;;+2/p-2. The number of hydrogen-bond acceptors (Lipinski definition) is 0. The number of allylic oxidation sites excluding steroid dienone is 4. The zero-order valence-corrected chi connectivity index (χ0v) is 26.6. The molecule has 0 fully saturated rings. The van der Waals surface area contributed by atoms with Gasteiger partial charge in [-0.2, -0.15) is 0 Å². The maximum absolute atomic E-state index is 6.96. The van der Waals surface area contributed by atoms with E-state index < -0.39 is 33.0 Å². The predicted octanol–water partition coefficient (Wildman–Crippen LogP) is 8.86. The molecule has 0 bridgehead atoms. The van der Waals surface area contributed by atoms with E-state index in [9.17, 15) is 0 Å². The molecule has 0 spiro atoms. The van der Waals surface area contributed by atoms with Gasteiger partial charge in [0, 0.05) is 0 Å². The third kappa shape index (κ3) is 3.69. The normalized spacial score (nSPS) is 22.6. The van der Waals surface area contributed by atoms with Crippen LogP contribution in [0.1, 0.15) is 56.6 Å². The van der Waals surface area contributed by atoms with Crippen LogP contribution in [0.2, 0.25) is 15.2 Å². The summed E-state index contributed by atoms with van der Waals surface area (Å²) in [5.74, 6) is 5.96. The van der Waals surface area contributed by atoms with Gasteiger partial charge in [-0.05, 0) is 0 Å². The first-order valence-corrected chi connectivity index (χ1v) is 28.2. The molecule has 0 radical (unpaired) electrons. The van der Waals surface area contributed by atoms with Crippen LogP contribution < -0.4 is 0 Å². The van der Waals surface area contributed by atoms with Crippen molar-refractivity contribution >= 4 is 35.4 Å². The van der Waals surface area contributed by atoms with E-state index in [0.29, 0.717) is 15.5 Å². The van der Waals surface area contributed by atoms with Crippen molar-refractivity contribution in [3.63, 3.8) is 0 Å². The van der Waals surface area contributed by atoms with Crippen LogP contribution in [0.5, 0.6) is 0 Å². The van der Waals surface area contributed by atoms with Crippen LogP contribution in [0.3, 0.4) is 0 Å². The van der Waals surface area contributed by atoms with Crippen LogP contribution in [-0.2, 0) is 19.1 Å². The van der Waals surface area contributed by atoms with E-state index in [1.165, 1.54) is 41.5 Å². The summed E-state index contributed by atoms with van der Waals surface area (Å²) in [6.45, 7) is 4.84. The fourth-order valence-electron chi connectivity index (χ4n) is 6.67. The van der Waals surface area contributed by atoms with Crippen LogP contribution in [-0.4, -0.2) is 18.3 Å². The minimum atomic E-state index is -2.72. The molecule has 2 atom stereocenters. The van der Waals surface area contributed by atoms with Crippen LogP contribution in [0.15, 0.2) is 70.8 Å². The molecule has 4 heteroatoms. The maximum atomic E-state index is 6.96. The molecule has 3 aliphatic rings. The molecule has 0 saturated heterocycles. The molecule has 5 rings (SSSR count). The SMILES string of the molecule is CCC1=C(C2c3ccccc3-c3ccccc32)C2=C(CCC[C](=[Ge]([CH3])[CH3])C2C)[CH]1[Hf]([Cl])[Cl]. The Morgan fingerprint density at radius 2 is 1.50 bits per heavy atom. The molecular formula is C28H31Cl2GeHf. The zero-order valence-electron chi connectivity index (χ0n) is 19.4. The van der Waals surface area contributed by atoms with Crippen molar-refractivity contribution in [2.75, 3.05) is 0 Å². The first kappa shape index (κ1) is 23.5. The fraction of sp³-hybridized carbons (Fsp3) is 0.393. The molecule has 3 aliphatic carbocycles. The molecule has 165 valence electrons. The molecule has 0 heterocycles. The van der Waals surface area contributed by atoms with Gasteiger partial charge in [0.1, 0.15) is 0 Å². The van der Waals surface area contributed by atoms with Crippen LogP contribution in [0.25, 0.3) is 11.1 Å². The van der Waals surface area contributed by atoms with E-state index in [4.69, 9.17) is 17.2 Å². The van der Waals surface area contributed by atoms with Crippen molar-refractivity contribution in [1.29, 1.82) is 0 Å². The molecule has 0 amide bonds. The molecule has 2 unspecified atom stereocenters. The average Bonchev–Trinajstić information content (AvgIpc) is 3.22. The monoisotopic (exact) mass is 691 g/mol. The Kier molecular flexibility index (Phi) is 6.94. The Morgan fingerprint density at radius 1 is 0.906 bits per heavy atom. The molecule has 0 saturated carbocycles. The van der Waals surface area contributed by atoms with Gasteiger partial charge >= 0.3 is 214 Å². The van der Waals surface area contributed by atoms with Gasteiger partial charge in [-0.15, -0.1) is 0 Å². The van der Waals surface area contributed by atoms with Gasteiger partial charge in [0.15, 0.2) is 0 Å². The minimum absolute atomic E-state index is 0.324. The van der Waals surface area contributed by atoms with Gasteiger partial charge in [0.25, 0.3) is 0 Å². The van der Waals surface area contributed by atoms with Crippen molar-refractivity contribution < 1.29 is 19.1 Å². The molecule has 0 N–H and O–H groups in total. The van der Waals surface area contributed by atoms with E-state index in [-0.39, 0.29) is 0 Å². The van der Waals surface area contributed by atoms with E-state index in [2.05, 4.69) is 73.9 Å². The Morgan fingerprint density at radius 3 is 2.03 bits per heavy atom. The van der Waals surface area contributed by atoms with E-state index in [1.54, 1.807) is 22.3 Å². The first-order chi connectivity index (χ1) is 15.5. The van der Waals surface area contributed by atoms with Crippen molar-refractivity contribution in [2.24, 2.45) is 5.92 Å². The van der Waals surface area contributed by atoms with E-state index >= 15 is 0 Å². The third-order valence-corrected chi connectivity index (χ3v) is 19.7. The Labute approximate surface area is 212 Å². The summed E-state index contributed by atoms with van der Waals surface area (Å²) in [5, 5.41) is 0. The van der Waals surface area contributed by atoms with E-state index in [1.807, 2.05) is 4.35 Å². The zero-order chi connectivity index (χ0) is 22.6. The second-order valence-electron chi connectivity index (χ2n) is 9.66. The summed E-state index contributed by atoms with van der Waals surface area (Å²) in [4.78, 5) is 0. The van der Waals surface area contributed by atoms with E-state index in [0.717, 1.165) is 6.42 Å². The van der Waals surface area contributed by atoms with Crippen molar-refractivity contribution in [3.8, 4) is 11.1 Å². The number of rotatable bonds is 3.